The number of benzene rings is 3. The van der Waals surface area contributed by atoms with E-state index in [0.29, 0.717) is 30.0 Å². The number of ether oxygens (including phenoxy) is 3. The number of hydrogen-bond donors (Lipinski definition) is 2. The van der Waals surface area contributed by atoms with Gasteiger partial charge in [0.2, 0.25) is 0 Å². The van der Waals surface area contributed by atoms with Gasteiger partial charge in [-0.15, -0.1) is 13.2 Å². The molecule has 15 heteroatoms. The predicted molar refractivity (Wildman–Crippen MR) is 153 cm³/mol. The summed E-state index contributed by atoms with van der Waals surface area (Å²) in [7, 11) is 0. The molecule has 2 bridgehead atoms. The first kappa shape index (κ1) is 30.8. The molecule has 7 rings (SSSR count). The van der Waals surface area contributed by atoms with Crippen LogP contribution in [0.25, 0.3) is 0 Å². The number of fused-ring (bicyclic) bond motifs is 1. The van der Waals surface area contributed by atoms with Crippen molar-refractivity contribution in [2.24, 2.45) is 0 Å². The molecule has 3 aliphatic carbocycles. The molecule has 1 atom stereocenters. The molecule has 0 radical (unpaired) electrons. The molecule has 2 N–H and O–H groups in total. The predicted octanol–water partition coefficient (Wildman–Crippen LogP) is 5.43. The highest BCUT2D eigenvalue weighted by Gasteiger charge is 2.69. The fourth-order valence-electron chi connectivity index (χ4n) is 5.98. The average molecular weight is 668 g/mol. The van der Waals surface area contributed by atoms with Crippen LogP contribution in [0.5, 0.6) is 17.2 Å². The van der Waals surface area contributed by atoms with Gasteiger partial charge in [-0.1, -0.05) is 23.2 Å². The normalized spacial score (nSPS) is 23.0. The summed E-state index contributed by atoms with van der Waals surface area (Å²) in [4.78, 5) is 40.6. The van der Waals surface area contributed by atoms with Crippen molar-refractivity contribution in [1.82, 2.24) is 10.6 Å². The second-order valence-electron chi connectivity index (χ2n) is 11.2. The van der Waals surface area contributed by atoms with E-state index in [0.717, 1.165) is 18.2 Å². The van der Waals surface area contributed by atoms with Gasteiger partial charge in [0.05, 0.1) is 17.3 Å². The van der Waals surface area contributed by atoms with E-state index >= 15 is 0 Å². The Labute approximate surface area is 263 Å². The molecule has 0 spiro atoms. The maximum atomic E-state index is 13.6. The lowest BCUT2D eigenvalue weighted by molar-refractivity contribution is -0.274. The Morgan fingerprint density at radius 2 is 1.60 bits per heavy atom. The first-order valence-corrected chi connectivity index (χ1v) is 14.3. The van der Waals surface area contributed by atoms with Gasteiger partial charge in [0, 0.05) is 27.7 Å². The molecule has 9 nitrogen and oxygen atoms in total. The van der Waals surface area contributed by atoms with Crippen LogP contribution in [0.4, 0.5) is 23.2 Å². The molecule has 1 heterocycles. The van der Waals surface area contributed by atoms with E-state index in [1.165, 1.54) is 47.4 Å². The Morgan fingerprint density at radius 3 is 2.27 bits per heavy atom. The van der Waals surface area contributed by atoms with Crippen LogP contribution in [-0.4, -0.2) is 54.4 Å². The van der Waals surface area contributed by atoms with Crippen LogP contribution in [0, 0.1) is 5.82 Å². The Hall–Kier alpha value is -4.23. The minimum absolute atomic E-state index is 0.0544. The third-order valence-electron chi connectivity index (χ3n) is 7.79. The summed E-state index contributed by atoms with van der Waals surface area (Å²) in [5, 5.41) is 6.13. The third-order valence-corrected chi connectivity index (χ3v) is 8.33. The molecule has 1 unspecified atom stereocenters. The summed E-state index contributed by atoms with van der Waals surface area (Å²) in [5.74, 6) is -2.24. The van der Waals surface area contributed by atoms with Gasteiger partial charge < -0.3 is 29.7 Å². The van der Waals surface area contributed by atoms with Crippen LogP contribution in [0.15, 0.2) is 60.7 Å². The van der Waals surface area contributed by atoms with E-state index in [2.05, 4.69) is 15.4 Å². The number of anilines is 1. The van der Waals surface area contributed by atoms with Crippen LogP contribution in [0.2, 0.25) is 10.0 Å². The minimum atomic E-state index is -4.88. The summed E-state index contributed by atoms with van der Waals surface area (Å²) < 4.78 is 66.4. The smallest absolute Gasteiger partial charge is 0.484 e. The van der Waals surface area contributed by atoms with Gasteiger partial charge in [-0.2, -0.15) is 0 Å². The number of nitrogens with one attached hydrogen (secondary N) is 2. The fourth-order valence-corrected chi connectivity index (χ4v) is 6.27. The van der Waals surface area contributed by atoms with Crippen molar-refractivity contribution in [3.8, 4) is 17.2 Å². The average Bonchev–Trinajstić information content (AvgIpc) is 2.94. The molecular formula is C30H23Cl2F4N3O6. The number of hydrogen-bond acceptors (Lipinski definition) is 6. The highest BCUT2D eigenvalue weighted by atomic mass is 35.5. The van der Waals surface area contributed by atoms with Gasteiger partial charge in [-0.25, -0.2) is 4.39 Å². The molecule has 3 amide bonds. The summed E-state index contributed by atoms with van der Waals surface area (Å²) in [5.41, 5.74) is -0.710. The Kier molecular flexibility index (Phi) is 7.72. The first-order chi connectivity index (χ1) is 21.2. The zero-order chi connectivity index (χ0) is 32.1. The molecular weight excluding hydrogens is 645 g/mol. The number of carbonyl (C=O) groups is 3. The van der Waals surface area contributed by atoms with E-state index < -0.39 is 52.8 Å². The maximum absolute atomic E-state index is 13.6. The van der Waals surface area contributed by atoms with Crippen molar-refractivity contribution in [2.75, 3.05) is 18.1 Å². The Bertz CT molecular complexity index is 1670. The van der Waals surface area contributed by atoms with E-state index in [1.54, 1.807) is 0 Å². The van der Waals surface area contributed by atoms with Gasteiger partial charge in [0.15, 0.2) is 12.7 Å². The minimum Gasteiger partial charge on any atom is -0.484 e. The van der Waals surface area contributed by atoms with Crippen molar-refractivity contribution < 1.29 is 46.2 Å². The van der Waals surface area contributed by atoms with Crippen molar-refractivity contribution in [3.05, 3.63) is 82.1 Å². The lowest BCUT2D eigenvalue weighted by atomic mass is 9.44. The lowest BCUT2D eigenvalue weighted by Gasteiger charge is -2.70. The van der Waals surface area contributed by atoms with Crippen LogP contribution in [0.3, 0.4) is 0 Å². The number of amides is 3. The van der Waals surface area contributed by atoms with Gasteiger partial charge >= 0.3 is 6.36 Å². The van der Waals surface area contributed by atoms with E-state index in [4.69, 9.17) is 32.7 Å². The molecule has 3 saturated carbocycles. The van der Waals surface area contributed by atoms with Crippen molar-refractivity contribution in [2.45, 2.75) is 42.8 Å². The zero-order valence-electron chi connectivity index (χ0n) is 23.1. The van der Waals surface area contributed by atoms with E-state index in [9.17, 15) is 31.9 Å². The van der Waals surface area contributed by atoms with Gasteiger partial charge in [0.1, 0.15) is 23.1 Å². The second kappa shape index (κ2) is 11.3. The van der Waals surface area contributed by atoms with E-state index in [-0.39, 0.29) is 35.2 Å². The molecule has 4 aliphatic rings. The second-order valence-corrected chi connectivity index (χ2v) is 12.0. The largest absolute Gasteiger partial charge is 0.573 e. The molecule has 3 aromatic rings. The van der Waals surface area contributed by atoms with E-state index in [1.807, 2.05) is 0 Å². The SMILES string of the molecule is O=C(COc1ccc(Cl)c(F)c1)NC12CC(NC(=O)C3CN(C(=O)c4ccc(OC(F)(F)F)cc4)c4cc(Cl)ccc4O3)(C1)C2. The summed E-state index contributed by atoms with van der Waals surface area (Å²) >= 11 is 11.8. The van der Waals surface area contributed by atoms with Crippen molar-refractivity contribution in [3.63, 3.8) is 0 Å². The maximum Gasteiger partial charge on any atom is 0.573 e. The van der Waals surface area contributed by atoms with Gasteiger partial charge in [-0.05, 0) is 73.9 Å². The highest BCUT2D eigenvalue weighted by Crippen LogP contribution is 2.60. The van der Waals surface area contributed by atoms with Crippen LogP contribution in [0.1, 0.15) is 29.6 Å². The number of halogens is 6. The summed E-state index contributed by atoms with van der Waals surface area (Å²) in [6, 6.07) is 12.8. The molecule has 0 saturated heterocycles. The molecule has 3 aromatic carbocycles. The third kappa shape index (κ3) is 6.45. The van der Waals surface area contributed by atoms with Crippen LogP contribution >= 0.6 is 23.2 Å². The fraction of sp³-hybridized carbons (Fsp3) is 0.300. The van der Waals surface area contributed by atoms with Gasteiger partial charge in [-0.3, -0.25) is 14.4 Å². The van der Waals surface area contributed by atoms with Crippen LogP contribution < -0.4 is 29.7 Å². The van der Waals surface area contributed by atoms with Crippen molar-refractivity contribution in [1.29, 1.82) is 0 Å². The standard InChI is InChI=1S/C30H23Cl2F4N3O6/c31-17-3-8-23-22(9-17)39(27(42)16-1-4-18(5-2-16)45-30(34,35)36)11-24(44-23)26(41)38-29-13-28(14-29,15-29)37-25(40)12-43-19-6-7-20(32)21(33)10-19/h1-10,24H,11-15H2,(H,37,40)(H,38,41). The summed E-state index contributed by atoms with van der Waals surface area (Å²) in [6.45, 7) is -0.525. The zero-order valence-corrected chi connectivity index (χ0v) is 24.6. The number of carbonyl (C=O) groups excluding carboxylic acids is 3. The number of nitrogens with zero attached hydrogens (tertiary/aromatic N) is 1. The topological polar surface area (TPSA) is 106 Å². The Balaban J connectivity index is 1.06. The molecule has 3 fully saturated rings. The monoisotopic (exact) mass is 667 g/mol. The Morgan fingerprint density at radius 1 is 0.933 bits per heavy atom. The molecule has 45 heavy (non-hydrogen) atoms. The molecule has 1 aliphatic heterocycles. The van der Waals surface area contributed by atoms with Crippen molar-refractivity contribution >= 4 is 46.6 Å². The summed E-state index contributed by atoms with van der Waals surface area (Å²) in [6.07, 6.45) is -4.57. The highest BCUT2D eigenvalue weighted by molar-refractivity contribution is 6.31. The van der Waals surface area contributed by atoms with Crippen LogP contribution in [-0.2, 0) is 9.59 Å². The number of alkyl halides is 3. The van der Waals surface area contributed by atoms with Gasteiger partial charge in [0.25, 0.3) is 17.7 Å². The molecule has 0 aromatic heterocycles. The quantitative estimate of drug-likeness (QED) is 0.311. The number of rotatable bonds is 8. The molecule has 236 valence electrons. The first-order valence-electron chi connectivity index (χ1n) is 13.6. The lowest BCUT2D eigenvalue weighted by Crippen LogP contribution is -2.84.